The van der Waals surface area contributed by atoms with E-state index < -0.39 is 32.0 Å². The number of nitrogens with one attached hydrogen (secondary N) is 3. The molecular formula is C17H18N4O5S2. The fraction of sp³-hybridized carbons (Fsp3) is 0.176. The highest BCUT2D eigenvalue weighted by atomic mass is 32.2. The van der Waals surface area contributed by atoms with E-state index in [1.54, 1.807) is 30.3 Å². The monoisotopic (exact) mass is 422 g/mol. The van der Waals surface area contributed by atoms with Crippen LogP contribution < -0.4 is 14.8 Å². The SMILES string of the molecule is C[C@H](N=C1NS(=O)(=O)c2ccccc21)C(=O)Nc1ccc(NS(C)(=O)=O)cc1. The zero-order chi connectivity index (χ0) is 20.5. The van der Waals surface area contributed by atoms with Crippen LogP contribution in [0.2, 0.25) is 0 Å². The van der Waals surface area contributed by atoms with Crippen LogP contribution in [0.5, 0.6) is 0 Å². The number of hydrogen-bond donors (Lipinski definition) is 3. The van der Waals surface area contributed by atoms with Gasteiger partial charge in [-0.15, -0.1) is 0 Å². The Bertz CT molecular complexity index is 1160. The molecule has 0 aromatic heterocycles. The zero-order valence-electron chi connectivity index (χ0n) is 15.0. The fourth-order valence-corrected chi connectivity index (χ4v) is 4.37. The number of fused-ring (bicyclic) bond motifs is 1. The van der Waals surface area contributed by atoms with E-state index in [0.717, 1.165) is 6.26 Å². The molecule has 9 nitrogen and oxygen atoms in total. The molecule has 1 atom stereocenters. The Labute approximate surface area is 163 Å². The summed E-state index contributed by atoms with van der Waals surface area (Å²) in [6.07, 6.45) is 1.04. The Morgan fingerprint density at radius 1 is 1.07 bits per heavy atom. The summed E-state index contributed by atoms with van der Waals surface area (Å²) in [5.41, 5.74) is 1.23. The zero-order valence-corrected chi connectivity index (χ0v) is 16.6. The van der Waals surface area contributed by atoms with Crippen LogP contribution in [0.3, 0.4) is 0 Å². The summed E-state index contributed by atoms with van der Waals surface area (Å²) >= 11 is 0. The molecule has 0 bridgehead atoms. The van der Waals surface area contributed by atoms with Crippen molar-refractivity contribution in [2.75, 3.05) is 16.3 Å². The Balaban J connectivity index is 1.73. The van der Waals surface area contributed by atoms with Gasteiger partial charge in [-0.2, -0.15) is 0 Å². The molecule has 2 aromatic carbocycles. The maximum Gasteiger partial charge on any atom is 0.263 e. The number of rotatable bonds is 5. The third kappa shape index (κ3) is 4.49. The molecule has 2 aromatic rings. The molecule has 1 heterocycles. The third-order valence-electron chi connectivity index (χ3n) is 3.82. The summed E-state index contributed by atoms with van der Waals surface area (Å²) < 4.78 is 51.3. The summed E-state index contributed by atoms with van der Waals surface area (Å²) in [7, 11) is -7.06. The molecule has 0 fully saturated rings. The van der Waals surface area contributed by atoms with Gasteiger partial charge in [-0.25, -0.2) is 16.8 Å². The van der Waals surface area contributed by atoms with Gasteiger partial charge in [0.25, 0.3) is 10.0 Å². The van der Waals surface area contributed by atoms with Crippen molar-refractivity contribution in [2.45, 2.75) is 17.9 Å². The smallest absolute Gasteiger partial charge is 0.263 e. The average molecular weight is 422 g/mol. The van der Waals surface area contributed by atoms with E-state index in [0.29, 0.717) is 16.9 Å². The third-order valence-corrected chi connectivity index (χ3v) is 5.82. The van der Waals surface area contributed by atoms with Crippen molar-refractivity contribution in [1.82, 2.24) is 4.72 Å². The summed E-state index contributed by atoms with van der Waals surface area (Å²) in [5.74, 6) is -0.328. The van der Waals surface area contributed by atoms with Gasteiger partial charge in [-0.1, -0.05) is 12.1 Å². The van der Waals surface area contributed by atoms with Crippen molar-refractivity contribution in [3.05, 3.63) is 54.1 Å². The molecule has 3 N–H and O–H groups in total. The van der Waals surface area contributed by atoms with Gasteiger partial charge in [0.1, 0.15) is 11.9 Å². The van der Waals surface area contributed by atoms with Crippen LogP contribution in [0.4, 0.5) is 11.4 Å². The van der Waals surface area contributed by atoms with Gasteiger partial charge in [0.2, 0.25) is 15.9 Å². The van der Waals surface area contributed by atoms with Crippen molar-refractivity contribution >= 4 is 43.2 Å². The Morgan fingerprint density at radius 2 is 1.68 bits per heavy atom. The van der Waals surface area contributed by atoms with E-state index in [2.05, 4.69) is 19.8 Å². The number of aliphatic imine (C=N–C) groups is 1. The molecule has 148 valence electrons. The Morgan fingerprint density at radius 3 is 2.32 bits per heavy atom. The van der Waals surface area contributed by atoms with Crippen molar-refractivity contribution in [3.63, 3.8) is 0 Å². The summed E-state index contributed by atoms with van der Waals surface area (Å²) in [4.78, 5) is 16.7. The highest BCUT2D eigenvalue weighted by Gasteiger charge is 2.31. The molecule has 0 radical (unpaired) electrons. The second-order valence-corrected chi connectivity index (χ2v) is 9.60. The second kappa shape index (κ2) is 7.24. The molecule has 1 aliphatic heterocycles. The lowest BCUT2D eigenvalue weighted by Crippen LogP contribution is -2.28. The molecule has 3 rings (SSSR count). The normalized spacial score (nSPS) is 17.4. The number of amidine groups is 1. The van der Waals surface area contributed by atoms with E-state index in [9.17, 15) is 21.6 Å². The average Bonchev–Trinajstić information content (AvgIpc) is 2.86. The van der Waals surface area contributed by atoms with E-state index >= 15 is 0 Å². The van der Waals surface area contributed by atoms with Gasteiger partial charge in [-0.05, 0) is 43.3 Å². The van der Waals surface area contributed by atoms with Crippen LogP contribution >= 0.6 is 0 Å². The lowest BCUT2D eigenvalue weighted by atomic mass is 10.2. The minimum Gasteiger partial charge on any atom is -0.324 e. The molecule has 0 saturated carbocycles. The number of carbonyl (C=O) groups excluding carboxylic acids is 1. The van der Waals surface area contributed by atoms with Crippen LogP contribution in [0.15, 0.2) is 58.4 Å². The lowest BCUT2D eigenvalue weighted by Gasteiger charge is -2.10. The van der Waals surface area contributed by atoms with Gasteiger partial charge in [0.15, 0.2) is 0 Å². The second-order valence-electron chi connectivity index (χ2n) is 6.20. The lowest BCUT2D eigenvalue weighted by molar-refractivity contribution is -0.117. The van der Waals surface area contributed by atoms with E-state index in [1.165, 1.54) is 25.1 Å². The molecule has 11 heteroatoms. The van der Waals surface area contributed by atoms with Crippen molar-refractivity contribution in [1.29, 1.82) is 0 Å². The Kier molecular flexibility index (Phi) is 5.13. The standard InChI is InChI=1S/C17H18N4O5S2/c1-11(18-16-14-5-3-4-6-15(14)28(25,26)21-16)17(22)19-12-7-9-13(10-8-12)20-27(2,23)24/h3-11,20H,1-2H3,(H,18,21)(H,19,22)/t11-/m0/s1. The molecule has 0 aliphatic carbocycles. The summed E-state index contributed by atoms with van der Waals surface area (Å²) in [6, 6.07) is 11.6. The number of nitrogens with zero attached hydrogens (tertiary/aromatic N) is 1. The molecule has 0 unspecified atom stereocenters. The first kappa shape index (κ1) is 19.8. The topological polar surface area (TPSA) is 134 Å². The van der Waals surface area contributed by atoms with Gasteiger partial charge in [0.05, 0.1) is 11.2 Å². The van der Waals surface area contributed by atoms with Crippen molar-refractivity contribution < 1.29 is 21.6 Å². The highest BCUT2D eigenvalue weighted by molar-refractivity contribution is 7.92. The van der Waals surface area contributed by atoms with Gasteiger partial charge >= 0.3 is 0 Å². The molecular weight excluding hydrogens is 404 g/mol. The number of carbonyl (C=O) groups is 1. The van der Waals surface area contributed by atoms with Crippen LogP contribution in [-0.2, 0) is 24.8 Å². The van der Waals surface area contributed by atoms with Crippen molar-refractivity contribution in [3.8, 4) is 0 Å². The quantitative estimate of drug-likeness (QED) is 0.664. The van der Waals surface area contributed by atoms with Gasteiger partial charge in [0, 0.05) is 16.9 Å². The molecule has 0 saturated heterocycles. The predicted octanol–water partition coefficient (Wildman–Crippen LogP) is 1.12. The number of amides is 1. The molecule has 1 amide bonds. The first-order valence-electron chi connectivity index (χ1n) is 8.14. The van der Waals surface area contributed by atoms with Gasteiger partial charge in [-0.3, -0.25) is 19.2 Å². The first-order valence-corrected chi connectivity index (χ1v) is 11.5. The number of benzene rings is 2. The number of sulfonamides is 2. The fourth-order valence-electron chi connectivity index (χ4n) is 2.56. The summed E-state index contributed by atoms with van der Waals surface area (Å²) in [5, 5.41) is 2.65. The molecule has 0 spiro atoms. The van der Waals surface area contributed by atoms with E-state index in [-0.39, 0.29) is 10.7 Å². The van der Waals surface area contributed by atoms with Crippen LogP contribution in [0.1, 0.15) is 12.5 Å². The number of hydrogen-bond acceptors (Lipinski definition) is 6. The number of anilines is 2. The maximum atomic E-state index is 12.4. The first-order chi connectivity index (χ1) is 13.0. The largest absolute Gasteiger partial charge is 0.324 e. The van der Waals surface area contributed by atoms with E-state index in [4.69, 9.17) is 0 Å². The van der Waals surface area contributed by atoms with E-state index in [1.807, 2.05) is 0 Å². The maximum absolute atomic E-state index is 12.4. The minimum absolute atomic E-state index is 0.117. The minimum atomic E-state index is -3.67. The molecule has 1 aliphatic rings. The predicted molar refractivity (Wildman–Crippen MR) is 106 cm³/mol. The van der Waals surface area contributed by atoms with Crippen LogP contribution in [-0.4, -0.2) is 40.9 Å². The Hall–Kier alpha value is -2.92. The van der Waals surface area contributed by atoms with Crippen molar-refractivity contribution in [2.24, 2.45) is 4.99 Å². The highest BCUT2D eigenvalue weighted by Crippen LogP contribution is 2.22. The summed E-state index contributed by atoms with van der Waals surface area (Å²) in [6.45, 7) is 1.54. The van der Waals surface area contributed by atoms with Crippen LogP contribution in [0, 0.1) is 0 Å². The van der Waals surface area contributed by atoms with Crippen LogP contribution in [0.25, 0.3) is 0 Å². The molecule has 28 heavy (non-hydrogen) atoms. The van der Waals surface area contributed by atoms with Gasteiger partial charge < -0.3 is 5.32 Å².